The zero-order chi connectivity index (χ0) is 28.3. The Bertz CT molecular complexity index is 1410. The number of imide groups is 1. The molecule has 1 aromatic carbocycles. The molecule has 3 saturated heterocycles. The summed E-state index contributed by atoms with van der Waals surface area (Å²) in [6.45, 7) is 5.60. The van der Waals surface area contributed by atoms with Crippen molar-refractivity contribution in [3.8, 4) is 0 Å². The maximum atomic E-state index is 12.4. The van der Waals surface area contributed by atoms with Gasteiger partial charge in [0, 0.05) is 51.1 Å². The highest BCUT2D eigenvalue weighted by atomic mass is 16.5. The number of primary amides is 1. The number of ether oxygens (including phenoxy) is 1. The van der Waals surface area contributed by atoms with Gasteiger partial charge in [0.1, 0.15) is 0 Å². The third kappa shape index (κ3) is 5.86. The number of amides is 4. The van der Waals surface area contributed by atoms with Gasteiger partial charge >= 0.3 is 6.03 Å². The molecule has 6 rings (SSSR count). The third-order valence-electron chi connectivity index (χ3n) is 8.30. The molecule has 0 spiro atoms. The highest BCUT2D eigenvalue weighted by Crippen LogP contribution is 2.32. The normalized spacial score (nSPS) is 19.6. The number of likely N-dealkylation sites (tertiary alicyclic amines) is 1. The number of nitrogens with zero attached hydrogens (tertiary/aromatic N) is 7. The fourth-order valence-corrected chi connectivity index (χ4v) is 5.99. The molecule has 2 aromatic heterocycles. The molecule has 216 valence electrons. The molecule has 0 atom stereocenters. The summed E-state index contributed by atoms with van der Waals surface area (Å²) in [5, 5.41) is 16.1. The summed E-state index contributed by atoms with van der Waals surface area (Å²) < 4.78 is 8.32. The molecule has 3 aliphatic heterocycles. The van der Waals surface area contributed by atoms with Crippen molar-refractivity contribution in [2.45, 2.75) is 44.2 Å². The van der Waals surface area contributed by atoms with E-state index in [0.717, 1.165) is 80.8 Å². The number of carbonyl (C=O) groups excluding carboxylic acids is 3. The van der Waals surface area contributed by atoms with E-state index >= 15 is 0 Å². The molecule has 3 aromatic rings. The van der Waals surface area contributed by atoms with Gasteiger partial charge in [0.05, 0.1) is 36.2 Å². The topological polar surface area (TPSA) is 152 Å². The van der Waals surface area contributed by atoms with Crippen LogP contribution in [-0.4, -0.2) is 94.7 Å². The number of hydrogen-bond acceptors (Lipinski definition) is 9. The van der Waals surface area contributed by atoms with E-state index in [9.17, 15) is 14.4 Å². The number of urea groups is 1. The van der Waals surface area contributed by atoms with E-state index in [1.165, 1.54) is 0 Å². The van der Waals surface area contributed by atoms with Gasteiger partial charge in [0.25, 0.3) is 5.91 Å². The van der Waals surface area contributed by atoms with E-state index in [2.05, 4.69) is 30.0 Å². The highest BCUT2D eigenvalue weighted by molar-refractivity contribution is 6.09. The summed E-state index contributed by atoms with van der Waals surface area (Å²) in [6, 6.07) is 9.22. The van der Waals surface area contributed by atoms with Crippen LogP contribution < -0.4 is 20.9 Å². The molecule has 0 aliphatic carbocycles. The Morgan fingerprint density at radius 1 is 1.00 bits per heavy atom. The smallest absolute Gasteiger partial charge is 0.328 e. The zero-order valence-electron chi connectivity index (χ0n) is 22.9. The molecule has 3 aliphatic rings. The summed E-state index contributed by atoms with van der Waals surface area (Å²) in [5.74, 6) is -0.0577. The Morgan fingerprint density at radius 2 is 1.80 bits per heavy atom. The Morgan fingerprint density at radius 3 is 2.51 bits per heavy atom. The van der Waals surface area contributed by atoms with Gasteiger partial charge < -0.3 is 20.3 Å². The van der Waals surface area contributed by atoms with Crippen LogP contribution in [0.25, 0.3) is 10.9 Å². The Labute approximate surface area is 237 Å². The number of nitrogens with two attached hydrogens (primary N) is 1. The van der Waals surface area contributed by atoms with Crippen molar-refractivity contribution in [3.05, 3.63) is 42.2 Å². The first-order chi connectivity index (χ1) is 20.0. The standard InChI is InChI=1S/C28H35N9O4/c29-27(39)22-4-5-25(33-32-22)35-13-8-20(9-14-35)41-17-16-34-11-6-19(7-12-34)37-24-3-1-2-23(21(24)18-30-37)36-15-10-26(38)31-28(36)40/h1-5,18-20H,6-17H2,(H2,29,39)(H,31,38,40). The average molecular weight is 562 g/mol. The number of anilines is 2. The van der Waals surface area contributed by atoms with Gasteiger partial charge in [-0.3, -0.25) is 24.5 Å². The van der Waals surface area contributed by atoms with Crippen molar-refractivity contribution in [2.75, 3.05) is 55.7 Å². The van der Waals surface area contributed by atoms with E-state index in [0.29, 0.717) is 25.6 Å². The number of aromatic nitrogens is 4. The molecule has 0 saturated carbocycles. The number of nitrogens with one attached hydrogen (secondary N) is 1. The second kappa shape index (κ2) is 11.8. The van der Waals surface area contributed by atoms with Crippen molar-refractivity contribution in [1.29, 1.82) is 0 Å². The van der Waals surface area contributed by atoms with Gasteiger partial charge in [-0.25, -0.2) is 4.79 Å². The lowest BCUT2D eigenvalue weighted by Crippen LogP contribution is -2.49. The molecular formula is C28H35N9O4. The number of benzene rings is 1. The largest absolute Gasteiger partial charge is 0.377 e. The van der Waals surface area contributed by atoms with Crippen molar-refractivity contribution < 1.29 is 19.1 Å². The zero-order valence-corrected chi connectivity index (χ0v) is 22.9. The molecule has 13 heteroatoms. The van der Waals surface area contributed by atoms with Crippen LogP contribution in [0.1, 0.15) is 48.6 Å². The first kappa shape index (κ1) is 27.1. The summed E-state index contributed by atoms with van der Waals surface area (Å²) >= 11 is 0. The predicted octanol–water partition coefficient (Wildman–Crippen LogP) is 1.69. The van der Waals surface area contributed by atoms with E-state index < -0.39 is 5.91 Å². The van der Waals surface area contributed by atoms with Crippen LogP contribution in [0.2, 0.25) is 0 Å². The van der Waals surface area contributed by atoms with Crippen molar-refractivity contribution >= 4 is 40.3 Å². The number of hydrogen-bond donors (Lipinski definition) is 2. The van der Waals surface area contributed by atoms with E-state index in [1.807, 2.05) is 24.4 Å². The molecule has 4 amide bonds. The first-order valence-electron chi connectivity index (χ1n) is 14.3. The van der Waals surface area contributed by atoms with Crippen molar-refractivity contribution in [2.24, 2.45) is 5.73 Å². The minimum Gasteiger partial charge on any atom is -0.377 e. The second-order valence-corrected chi connectivity index (χ2v) is 10.8. The van der Waals surface area contributed by atoms with Gasteiger partial charge in [0.15, 0.2) is 11.5 Å². The lowest BCUT2D eigenvalue weighted by molar-refractivity contribution is -0.120. The lowest BCUT2D eigenvalue weighted by Gasteiger charge is -2.34. The highest BCUT2D eigenvalue weighted by Gasteiger charge is 2.28. The summed E-state index contributed by atoms with van der Waals surface area (Å²) in [4.78, 5) is 41.4. The lowest BCUT2D eigenvalue weighted by atomic mass is 10.0. The van der Waals surface area contributed by atoms with Crippen molar-refractivity contribution in [3.63, 3.8) is 0 Å². The van der Waals surface area contributed by atoms with E-state index in [-0.39, 0.29) is 23.7 Å². The van der Waals surface area contributed by atoms with Crippen LogP contribution in [-0.2, 0) is 9.53 Å². The monoisotopic (exact) mass is 561 g/mol. The first-order valence-corrected chi connectivity index (χ1v) is 14.3. The van der Waals surface area contributed by atoms with E-state index in [1.54, 1.807) is 17.0 Å². The molecular weight excluding hydrogens is 526 g/mol. The fraction of sp³-hybridized carbons (Fsp3) is 0.500. The molecule has 0 unspecified atom stereocenters. The van der Waals surface area contributed by atoms with Gasteiger partial charge in [-0.2, -0.15) is 5.10 Å². The molecule has 41 heavy (non-hydrogen) atoms. The van der Waals surface area contributed by atoms with Crippen LogP contribution in [0.3, 0.4) is 0 Å². The molecule has 0 radical (unpaired) electrons. The summed E-state index contributed by atoms with van der Waals surface area (Å²) in [5.41, 5.74) is 7.21. The molecule has 3 N–H and O–H groups in total. The van der Waals surface area contributed by atoms with Crippen LogP contribution in [0, 0.1) is 0 Å². The predicted molar refractivity (Wildman–Crippen MR) is 152 cm³/mol. The summed E-state index contributed by atoms with van der Waals surface area (Å²) in [6.07, 6.45) is 6.19. The van der Waals surface area contributed by atoms with Crippen LogP contribution >= 0.6 is 0 Å². The average Bonchev–Trinajstić information content (AvgIpc) is 3.43. The van der Waals surface area contributed by atoms with E-state index in [4.69, 9.17) is 15.6 Å². The molecule has 3 fully saturated rings. The SMILES string of the molecule is NC(=O)c1ccc(N2CCC(OCCN3CCC(n4ncc5c(N6CCC(=O)NC6=O)cccc54)CC3)CC2)nn1. The minimum atomic E-state index is -0.575. The van der Waals surface area contributed by atoms with Gasteiger partial charge in [-0.05, 0) is 49.9 Å². The number of rotatable bonds is 8. The van der Waals surface area contributed by atoms with Crippen LogP contribution in [0.4, 0.5) is 16.3 Å². The van der Waals surface area contributed by atoms with Crippen LogP contribution in [0.15, 0.2) is 36.5 Å². The Kier molecular flexibility index (Phi) is 7.79. The second-order valence-electron chi connectivity index (χ2n) is 10.8. The van der Waals surface area contributed by atoms with Gasteiger partial charge in [0.2, 0.25) is 5.91 Å². The minimum absolute atomic E-state index is 0.172. The Hall–Kier alpha value is -4.10. The number of piperidine rings is 2. The summed E-state index contributed by atoms with van der Waals surface area (Å²) in [7, 11) is 0. The number of carbonyl (C=O) groups is 3. The molecule has 13 nitrogen and oxygen atoms in total. The van der Waals surface area contributed by atoms with Gasteiger partial charge in [-0.1, -0.05) is 6.07 Å². The van der Waals surface area contributed by atoms with Crippen molar-refractivity contribution in [1.82, 2.24) is 30.2 Å². The number of fused-ring (bicyclic) bond motifs is 1. The molecule has 5 heterocycles. The maximum absolute atomic E-state index is 12.4. The fourth-order valence-electron chi connectivity index (χ4n) is 5.99. The molecule has 0 bridgehead atoms. The maximum Gasteiger partial charge on any atom is 0.328 e. The van der Waals surface area contributed by atoms with Gasteiger partial charge in [-0.15, -0.1) is 10.2 Å². The quantitative estimate of drug-likeness (QED) is 0.419. The Balaban J connectivity index is 0.958. The third-order valence-corrected chi connectivity index (χ3v) is 8.30. The van der Waals surface area contributed by atoms with Crippen LogP contribution in [0.5, 0.6) is 0 Å².